The first-order chi connectivity index (χ1) is 6.85. The SMILES string of the molecule is CSC(C)CCNC(=O)CNC(C)(C)C. The fourth-order valence-electron chi connectivity index (χ4n) is 0.941. The van der Waals surface area contributed by atoms with Gasteiger partial charge in [-0.15, -0.1) is 0 Å². The molecular weight excluding hydrogens is 208 g/mol. The van der Waals surface area contributed by atoms with Gasteiger partial charge >= 0.3 is 0 Å². The van der Waals surface area contributed by atoms with E-state index in [1.165, 1.54) is 0 Å². The maximum Gasteiger partial charge on any atom is 0.233 e. The Morgan fingerprint density at radius 2 is 2.00 bits per heavy atom. The van der Waals surface area contributed by atoms with Gasteiger partial charge in [-0.1, -0.05) is 6.92 Å². The highest BCUT2D eigenvalue weighted by Crippen LogP contribution is 2.07. The monoisotopic (exact) mass is 232 g/mol. The van der Waals surface area contributed by atoms with E-state index in [1.807, 2.05) is 11.8 Å². The summed E-state index contributed by atoms with van der Waals surface area (Å²) in [5.41, 5.74) is 0.00387. The molecule has 4 heteroatoms. The Morgan fingerprint density at radius 3 is 2.47 bits per heavy atom. The molecule has 3 nitrogen and oxygen atoms in total. The lowest BCUT2D eigenvalue weighted by molar-refractivity contribution is -0.120. The second kappa shape index (κ2) is 7.12. The molecule has 15 heavy (non-hydrogen) atoms. The standard InChI is InChI=1S/C11H24N2OS/c1-9(15-5)6-7-12-10(14)8-13-11(2,3)4/h9,13H,6-8H2,1-5H3,(H,12,14). The van der Waals surface area contributed by atoms with Gasteiger partial charge in [0.25, 0.3) is 0 Å². The summed E-state index contributed by atoms with van der Waals surface area (Å²) in [5.74, 6) is 0.0817. The van der Waals surface area contributed by atoms with Crippen LogP contribution < -0.4 is 10.6 Å². The van der Waals surface area contributed by atoms with Crippen LogP contribution in [0.3, 0.4) is 0 Å². The zero-order chi connectivity index (χ0) is 11.9. The first-order valence-electron chi connectivity index (χ1n) is 5.39. The lowest BCUT2D eigenvalue weighted by Gasteiger charge is -2.20. The molecule has 1 unspecified atom stereocenters. The molecule has 0 aromatic carbocycles. The number of hydrogen-bond donors (Lipinski definition) is 2. The fourth-order valence-corrected chi connectivity index (χ4v) is 1.29. The first-order valence-corrected chi connectivity index (χ1v) is 6.68. The Bertz CT molecular complexity index is 190. The topological polar surface area (TPSA) is 41.1 Å². The van der Waals surface area contributed by atoms with Crippen LogP contribution in [0.5, 0.6) is 0 Å². The molecule has 0 aliphatic heterocycles. The zero-order valence-corrected chi connectivity index (χ0v) is 11.3. The van der Waals surface area contributed by atoms with Crippen LogP contribution in [0.1, 0.15) is 34.1 Å². The molecule has 0 spiro atoms. The maximum atomic E-state index is 11.4. The van der Waals surface area contributed by atoms with Crippen molar-refractivity contribution in [1.82, 2.24) is 10.6 Å². The molecular formula is C11H24N2OS. The van der Waals surface area contributed by atoms with Gasteiger partial charge in [0.05, 0.1) is 6.54 Å². The van der Waals surface area contributed by atoms with Gasteiger partial charge in [0.15, 0.2) is 0 Å². The van der Waals surface area contributed by atoms with Crippen LogP contribution >= 0.6 is 11.8 Å². The molecule has 0 fully saturated rings. The quantitative estimate of drug-likeness (QED) is 0.731. The summed E-state index contributed by atoms with van der Waals surface area (Å²) in [7, 11) is 0. The number of nitrogens with one attached hydrogen (secondary N) is 2. The van der Waals surface area contributed by atoms with Gasteiger partial charge in [0.2, 0.25) is 5.91 Å². The van der Waals surface area contributed by atoms with E-state index in [0.717, 1.165) is 13.0 Å². The predicted molar refractivity (Wildman–Crippen MR) is 68.4 cm³/mol. The maximum absolute atomic E-state index is 11.4. The van der Waals surface area contributed by atoms with Gasteiger partial charge in [0.1, 0.15) is 0 Å². The largest absolute Gasteiger partial charge is 0.355 e. The van der Waals surface area contributed by atoms with Crippen LogP contribution in [0.2, 0.25) is 0 Å². The average Bonchev–Trinajstić information content (AvgIpc) is 2.13. The highest BCUT2D eigenvalue weighted by atomic mass is 32.2. The summed E-state index contributed by atoms with van der Waals surface area (Å²) in [6.45, 7) is 9.50. The van der Waals surface area contributed by atoms with Gasteiger partial charge in [-0.2, -0.15) is 11.8 Å². The molecule has 2 N–H and O–H groups in total. The van der Waals surface area contributed by atoms with Crippen molar-refractivity contribution in [1.29, 1.82) is 0 Å². The van der Waals surface area contributed by atoms with E-state index in [0.29, 0.717) is 11.8 Å². The van der Waals surface area contributed by atoms with Crippen LogP contribution in [0.25, 0.3) is 0 Å². The Morgan fingerprint density at radius 1 is 1.40 bits per heavy atom. The molecule has 0 saturated carbocycles. The van der Waals surface area contributed by atoms with Crippen LogP contribution in [-0.2, 0) is 4.79 Å². The van der Waals surface area contributed by atoms with Crippen molar-refractivity contribution < 1.29 is 4.79 Å². The third kappa shape index (κ3) is 10.1. The number of rotatable bonds is 6. The van der Waals surface area contributed by atoms with Crippen LogP contribution in [0, 0.1) is 0 Å². The molecule has 0 aliphatic carbocycles. The summed E-state index contributed by atoms with van der Waals surface area (Å²) in [6, 6.07) is 0. The molecule has 0 aliphatic rings. The summed E-state index contributed by atoms with van der Waals surface area (Å²) in [6.07, 6.45) is 3.12. The molecule has 0 aromatic rings. The van der Waals surface area contributed by atoms with Crippen molar-refractivity contribution in [3.63, 3.8) is 0 Å². The molecule has 1 atom stereocenters. The summed E-state index contributed by atoms with van der Waals surface area (Å²) < 4.78 is 0. The Balaban J connectivity index is 3.50. The summed E-state index contributed by atoms with van der Waals surface area (Å²) >= 11 is 1.83. The van der Waals surface area contributed by atoms with Gasteiger partial charge < -0.3 is 10.6 Å². The predicted octanol–water partition coefficient (Wildman–Crippen LogP) is 1.63. The molecule has 0 bridgehead atoms. The Kier molecular flexibility index (Phi) is 7.02. The molecule has 0 aromatic heterocycles. The van der Waals surface area contributed by atoms with E-state index in [9.17, 15) is 4.79 Å². The van der Waals surface area contributed by atoms with Crippen molar-refractivity contribution in [3.05, 3.63) is 0 Å². The second-order valence-corrected chi connectivity index (χ2v) is 6.06. The first kappa shape index (κ1) is 14.8. The van der Waals surface area contributed by atoms with Gasteiger partial charge in [-0.25, -0.2) is 0 Å². The van der Waals surface area contributed by atoms with Crippen molar-refractivity contribution in [2.24, 2.45) is 0 Å². The van der Waals surface area contributed by atoms with Crippen molar-refractivity contribution in [3.8, 4) is 0 Å². The van der Waals surface area contributed by atoms with Crippen molar-refractivity contribution in [2.75, 3.05) is 19.3 Å². The zero-order valence-electron chi connectivity index (χ0n) is 10.5. The van der Waals surface area contributed by atoms with Crippen LogP contribution in [0.4, 0.5) is 0 Å². The van der Waals surface area contributed by atoms with Gasteiger partial charge in [0, 0.05) is 17.3 Å². The highest BCUT2D eigenvalue weighted by Gasteiger charge is 2.10. The third-order valence-corrected chi connectivity index (χ3v) is 3.10. The summed E-state index contributed by atoms with van der Waals surface area (Å²) in [4.78, 5) is 11.4. The van der Waals surface area contributed by atoms with E-state index in [-0.39, 0.29) is 11.4 Å². The lowest BCUT2D eigenvalue weighted by atomic mass is 10.1. The minimum absolute atomic E-state index is 0.00387. The van der Waals surface area contributed by atoms with Crippen LogP contribution in [-0.4, -0.2) is 36.0 Å². The van der Waals surface area contributed by atoms with Crippen molar-refractivity contribution >= 4 is 17.7 Å². The minimum atomic E-state index is 0.00387. The van der Waals surface area contributed by atoms with E-state index in [2.05, 4.69) is 44.6 Å². The second-order valence-electron chi connectivity index (χ2n) is 4.79. The normalized spacial score (nSPS) is 13.7. The number of amides is 1. The molecule has 1 amide bonds. The van der Waals surface area contributed by atoms with Crippen molar-refractivity contribution in [2.45, 2.75) is 44.9 Å². The number of thioether (sulfide) groups is 1. The van der Waals surface area contributed by atoms with E-state index < -0.39 is 0 Å². The van der Waals surface area contributed by atoms with Gasteiger partial charge in [-0.05, 0) is 33.4 Å². The molecule has 0 heterocycles. The van der Waals surface area contributed by atoms with E-state index in [4.69, 9.17) is 0 Å². The molecule has 0 rings (SSSR count). The van der Waals surface area contributed by atoms with Crippen LogP contribution in [0.15, 0.2) is 0 Å². The van der Waals surface area contributed by atoms with Gasteiger partial charge in [-0.3, -0.25) is 4.79 Å². The fraction of sp³-hybridized carbons (Fsp3) is 0.909. The smallest absolute Gasteiger partial charge is 0.233 e. The molecule has 90 valence electrons. The Hall–Kier alpha value is -0.220. The Labute approximate surface area is 97.8 Å². The number of hydrogen-bond acceptors (Lipinski definition) is 3. The lowest BCUT2D eigenvalue weighted by Crippen LogP contribution is -2.43. The van der Waals surface area contributed by atoms with E-state index >= 15 is 0 Å². The minimum Gasteiger partial charge on any atom is -0.355 e. The molecule has 0 radical (unpaired) electrons. The number of carbonyl (C=O) groups is 1. The van der Waals surface area contributed by atoms with E-state index in [1.54, 1.807) is 0 Å². The molecule has 0 saturated heterocycles. The highest BCUT2D eigenvalue weighted by molar-refractivity contribution is 7.99. The third-order valence-electron chi connectivity index (χ3n) is 2.05. The average molecular weight is 232 g/mol. The number of carbonyl (C=O) groups excluding carboxylic acids is 1. The summed E-state index contributed by atoms with van der Waals surface area (Å²) in [5, 5.41) is 6.67.